The van der Waals surface area contributed by atoms with Gasteiger partial charge in [-0.25, -0.2) is 4.79 Å². The molecule has 3 heterocycles. The van der Waals surface area contributed by atoms with E-state index >= 15 is 0 Å². The van der Waals surface area contributed by atoms with Gasteiger partial charge in [0.25, 0.3) is 0 Å². The highest BCUT2D eigenvalue weighted by Gasteiger charge is 2.52. The minimum atomic E-state index is -0.111. The van der Waals surface area contributed by atoms with Crippen LogP contribution < -0.4 is 10.2 Å². The largest absolute Gasteiger partial charge is 0.440 e. The van der Waals surface area contributed by atoms with Crippen LogP contribution >= 0.6 is 0 Å². The number of hydrogen-bond donors (Lipinski definition) is 2. The highest BCUT2D eigenvalue weighted by molar-refractivity contribution is 5.68. The zero-order valence-electron chi connectivity index (χ0n) is 13.5. The third-order valence-electron chi connectivity index (χ3n) is 7.42. The van der Waals surface area contributed by atoms with Crippen LogP contribution in [0.2, 0.25) is 0 Å². The van der Waals surface area contributed by atoms with Crippen LogP contribution in [-0.4, -0.2) is 37.4 Å². The van der Waals surface area contributed by atoms with Crippen molar-refractivity contribution >= 4 is 6.09 Å². The number of nitrogens with one attached hydrogen (secondary N) is 2. The minimum absolute atomic E-state index is 0.0899. The van der Waals surface area contributed by atoms with E-state index in [4.69, 9.17) is 4.74 Å². The van der Waals surface area contributed by atoms with Crippen LogP contribution in [0.5, 0.6) is 0 Å². The number of alkyl carbamates (subject to hydrolysis) is 1. The Bertz CT molecular complexity index is 434. The quantitative estimate of drug-likeness (QED) is 0.809. The second-order valence-corrected chi connectivity index (χ2v) is 9.06. The number of hydrogen-bond acceptors (Lipinski definition) is 2. The first-order valence-electron chi connectivity index (χ1n) is 9.50. The second kappa shape index (κ2) is 4.86. The molecule has 7 aliphatic rings. The molecule has 0 aromatic carbocycles. The molecule has 3 aliphatic heterocycles. The standard InChI is InChI=1S/C18H28N2O2/c21-17(22-16-11-20-3-1-15(16)2-4-20)19-18-8-12-5-13(9-18)7-14(6-12)10-18/h12-16H,1-11H2,(H,19,21)/p+1/t12?,13?,14?,16-,18?/m1/s1. The Morgan fingerprint density at radius 2 is 1.59 bits per heavy atom. The van der Waals surface area contributed by atoms with Crippen molar-refractivity contribution < 1.29 is 14.4 Å². The molecule has 0 aromatic heterocycles. The molecule has 0 radical (unpaired) electrons. The molecule has 4 aliphatic carbocycles. The van der Waals surface area contributed by atoms with Gasteiger partial charge in [0.1, 0.15) is 6.54 Å². The summed E-state index contributed by atoms with van der Waals surface area (Å²) in [5.41, 5.74) is 0.0899. The summed E-state index contributed by atoms with van der Waals surface area (Å²) in [5, 5.41) is 3.36. The van der Waals surface area contributed by atoms with E-state index in [9.17, 15) is 4.79 Å². The maximum atomic E-state index is 12.5. The average molecular weight is 305 g/mol. The fourth-order valence-corrected chi connectivity index (χ4v) is 6.86. The number of amides is 1. The second-order valence-electron chi connectivity index (χ2n) is 9.06. The van der Waals surface area contributed by atoms with E-state index in [-0.39, 0.29) is 17.7 Å². The van der Waals surface area contributed by atoms with Crippen molar-refractivity contribution in [1.29, 1.82) is 0 Å². The van der Waals surface area contributed by atoms with Gasteiger partial charge in [-0.3, -0.25) is 0 Å². The predicted molar refractivity (Wildman–Crippen MR) is 82.6 cm³/mol. The number of rotatable bonds is 2. The number of carbonyl (C=O) groups is 1. The van der Waals surface area contributed by atoms with E-state index in [1.54, 1.807) is 4.90 Å². The number of piperidine rings is 3. The van der Waals surface area contributed by atoms with Crippen molar-refractivity contribution in [2.75, 3.05) is 19.6 Å². The van der Waals surface area contributed by atoms with Crippen LogP contribution in [0.15, 0.2) is 0 Å². The Hall–Kier alpha value is -0.770. The van der Waals surface area contributed by atoms with Crippen LogP contribution in [0, 0.1) is 23.7 Å². The van der Waals surface area contributed by atoms with Crippen molar-refractivity contribution in [2.45, 2.75) is 63.0 Å². The summed E-state index contributed by atoms with van der Waals surface area (Å²) < 4.78 is 5.89. The molecule has 0 spiro atoms. The summed E-state index contributed by atoms with van der Waals surface area (Å²) >= 11 is 0. The van der Waals surface area contributed by atoms with E-state index in [1.807, 2.05) is 0 Å². The van der Waals surface area contributed by atoms with Crippen molar-refractivity contribution in [2.24, 2.45) is 23.7 Å². The summed E-state index contributed by atoms with van der Waals surface area (Å²) in [7, 11) is 0. The predicted octanol–water partition coefficient (Wildman–Crippen LogP) is 1.36. The normalized spacial score (nSPS) is 51.8. The lowest BCUT2D eigenvalue weighted by Gasteiger charge is -2.56. The average Bonchev–Trinajstić information content (AvgIpc) is 2.46. The number of carbonyl (C=O) groups excluding carboxylic acids is 1. The van der Waals surface area contributed by atoms with Crippen molar-refractivity contribution in [1.82, 2.24) is 5.32 Å². The topological polar surface area (TPSA) is 42.8 Å². The molecule has 1 atom stereocenters. The number of fused-ring (bicyclic) bond motifs is 3. The lowest BCUT2D eigenvalue weighted by molar-refractivity contribution is -0.920. The van der Waals surface area contributed by atoms with Crippen LogP contribution in [0.3, 0.4) is 0 Å². The summed E-state index contributed by atoms with van der Waals surface area (Å²) in [6.45, 7) is 3.60. The van der Waals surface area contributed by atoms with Gasteiger partial charge in [0, 0.05) is 24.3 Å². The number of quaternary nitrogens is 1. The first-order valence-corrected chi connectivity index (χ1v) is 9.50. The van der Waals surface area contributed by atoms with E-state index < -0.39 is 0 Å². The van der Waals surface area contributed by atoms with Crippen molar-refractivity contribution in [3.05, 3.63) is 0 Å². The van der Waals surface area contributed by atoms with E-state index in [2.05, 4.69) is 5.32 Å². The number of ether oxygens (including phenoxy) is 1. The fourth-order valence-electron chi connectivity index (χ4n) is 6.86. The van der Waals surface area contributed by atoms with Crippen molar-refractivity contribution in [3.8, 4) is 0 Å². The van der Waals surface area contributed by atoms with Gasteiger partial charge in [-0.15, -0.1) is 0 Å². The maximum Gasteiger partial charge on any atom is 0.408 e. The van der Waals surface area contributed by atoms with E-state index in [0.29, 0.717) is 5.92 Å². The highest BCUT2D eigenvalue weighted by Crippen LogP contribution is 2.55. The van der Waals surface area contributed by atoms with Gasteiger partial charge in [0.15, 0.2) is 6.10 Å². The molecule has 7 fully saturated rings. The smallest absolute Gasteiger partial charge is 0.408 e. The molecular formula is C18H29N2O2+. The van der Waals surface area contributed by atoms with Crippen LogP contribution in [0.25, 0.3) is 0 Å². The van der Waals surface area contributed by atoms with Crippen LogP contribution in [0.1, 0.15) is 51.4 Å². The highest BCUT2D eigenvalue weighted by atomic mass is 16.6. The molecule has 0 unspecified atom stereocenters. The molecule has 7 rings (SSSR count). The molecule has 2 N–H and O–H groups in total. The van der Waals surface area contributed by atoms with Crippen molar-refractivity contribution in [3.63, 3.8) is 0 Å². The molecule has 22 heavy (non-hydrogen) atoms. The van der Waals surface area contributed by atoms with Gasteiger partial charge < -0.3 is 15.0 Å². The monoisotopic (exact) mass is 305 g/mol. The summed E-state index contributed by atoms with van der Waals surface area (Å²) in [6, 6.07) is 0. The fraction of sp³-hybridized carbons (Fsp3) is 0.944. The first-order chi connectivity index (χ1) is 10.7. The van der Waals surface area contributed by atoms with Gasteiger partial charge in [0.2, 0.25) is 0 Å². The Morgan fingerprint density at radius 3 is 2.09 bits per heavy atom. The van der Waals surface area contributed by atoms with Gasteiger partial charge in [-0.2, -0.15) is 0 Å². The SMILES string of the molecule is O=C(NC12CC3CC(CC(C3)C1)C2)O[C@@H]1C[NH+]2CCC1CC2. The summed E-state index contributed by atoms with van der Waals surface area (Å²) in [5.74, 6) is 3.23. The Kier molecular flexibility index (Phi) is 3.02. The summed E-state index contributed by atoms with van der Waals surface area (Å²) in [6.07, 6.45) is 10.4. The first kappa shape index (κ1) is 13.6. The molecular weight excluding hydrogens is 276 g/mol. The molecule has 4 heteroatoms. The van der Waals surface area contributed by atoms with Gasteiger partial charge in [0.05, 0.1) is 13.1 Å². The van der Waals surface area contributed by atoms with Gasteiger partial charge in [-0.05, 0) is 56.3 Å². The van der Waals surface area contributed by atoms with Gasteiger partial charge in [-0.1, -0.05) is 0 Å². The molecule has 4 nitrogen and oxygen atoms in total. The van der Waals surface area contributed by atoms with Gasteiger partial charge >= 0.3 is 6.09 Å². The lowest BCUT2D eigenvalue weighted by Crippen LogP contribution is -3.16. The zero-order valence-corrected chi connectivity index (χ0v) is 13.5. The molecule has 1 amide bonds. The lowest BCUT2D eigenvalue weighted by atomic mass is 9.53. The summed E-state index contributed by atoms with van der Waals surface area (Å²) in [4.78, 5) is 14.2. The molecule has 122 valence electrons. The van der Waals surface area contributed by atoms with Crippen LogP contribution in [-0.2, 0) is 4.74 Å². The Balaban J connectivity index is 1.23. The molecule has 6 bridgehead atoms. The third-order valence-corrected chi connectivity index (χ3v) is 7.42. The Morgan fingerprint density at radius 1 is 1.00 bits per heavy atom. The third kappa shape index (κ3) is 2.26. The Labute approximate surface area is 132 Å². The zero-order chi connectivity index (χ0) is 14.7. The van der Waals surface area contributed by atoms with E-state index in [1.165, 1.54) is 64.5 Å². The molecule has 4 saturated carbocycles. The molecule has 0 aromatic rings. The minimum Gasteiger partial charge on any atom is -0.440 e. The van der Waals surface area contributed by atoms with E-state index in [0.717, 1.165) is 24.3 Å². The molecule has 3 saturated heterocycles. The van der Waals surface area contributed by atoms with Crippen LogP contribution in [0.4, 0.5) is 4.79 Å². The maximum absolute atomic E-state index is 12.5.